The molecule has 4 heterocycles. The second-order valence-electron chi connectivity index (χ2n) is 8.85. The van der Waals surface area contributed by atoms with Gasteiger partial charge in [0.1, 0.15) is 17.0 Å². The lowest BCUT2D eigenvalue weighted by atomic mass is 9.86. The summed E-state index contributed by atoms with van der Waals surface area (Å²) in [6, 6.07) is 12.2. The molecule has 1 spiro atoms. The number of alkyl halides is 3. The molecule has 2 aromatic heterocycles. The van der Waals surface area contributed by atoms with Crippen molar-refractivity contribution in [2.75, 3.05) is 37.6 Å². The lowest BCUT2D eigenvalue weighted by Gasteiger charge is -2.25. The normalized spacial score (nSPS) is 22.2. The molecule has 164 valence electrons. The van der Waals surface area contributed by atoms with E-state index in [0.29, 0.717) is 9.71 Å². The largest absolute Gasteiger partial charge is 0.393 e. The zero-order valence-corrected chi connectivity index (χ0v) is 18.1. The van der Waals surface area contributed by atoms with Gasteiger partial charge in [-0.05, 0) is 37.4 Å². The molecule has 2 aliphatic heterocycles. The first-order chi connectivity index (χ1) is 14.9. The standard InChI is InChI=1S/C23H25F3N4S/c24-23(25,26)13-18-12-19-20(27-16-28-21(19)31-18)30-11-8-22(15-30)7-10-29(14-22)9-6-17-4-2-1-3-5-17/h1-5,12,16H,6-11,13-15H2. The van der Waals surface area contributed by atoms with Gasteiger partial charge in [0.25, 0.3) is 0 Å². The number of anilines is 1. The SMILES string of the molecule is FC(F)(F)Cc1cc2c(N3CCC4(CCN(CCc5ccccc5)C4)C3)ncnc2s1. The summed E-state index contributed by atoms with van der Waals surface area (Å²) in [7, 11) is 0. The van der Waals surface area contributed by atoms with Crippen LogP contribution in [0.3, 0.4) is 0 Å². The number of hydrogen-bond donors (Lipinski definition) is 0. The van der Waals surface area contributed by atoms with Gasteiger partial charge in [0.15, 0.2) is 0 Å². The lowest BCUT2D eigenvalue weighted by Crippen LogP contribution is -2.32. The Morgan fingerprint density at radius 1 is 1.03 bits per heavy atom. The molecule has 5 rings (SSSR count). The van der Waals surface area contributed by atoms with Crippen LogP contribution in [0.2, 0.25) is 0 Å². The van der Waals surface area contributed by atoms with Gasteiger partial charge in [-0.25, -0.2) is 9.97 Å². The van der Waals surface area contributed by atoms with E-state index >= 15 is 0 Å². The van der Waals surface area contributed by atoms with E-state index in [1.165, 1.54) is 11.9 Å². The number of hydrogen-bond acceptors (Lipinski definition) is 5. The molecule has 2 aliphatic rings. The summed E-state index contributed by atoms with van der Waals surface area (Å²) in [5.41, 5.74) is 1.62. The van der Waals surface area contributed by atoms with Crippen LogP contribution in [0, 0.1) is 5.41 Å². The molecule has 0 saturated carbocycles. The van der Waals surface area contributed by atoms with Crippen molar-refractivity contribution in [1.29, 1.82) is 0 Å². The number of aromatic nitrogens is 2. The zero-order valence-electron chi connectivity index (χ0n) is 17.2. The van der Waals surface area contributed by atoms with Gasteiger partial charge in [-0.3, -0.25) is 0 Å². The third kappa shape index (κ3) is 4.55. The van der Waals surface area contributed by atoms with Gasteiger partial charge in [0.2, 0.25) is 0 Å². The van der Waals surface area contributed by atoms with Crippen LogP contribution in [0.1, 0.15) is 23.3 Å². The molecule has 0 radical (unpaired) electrons. The molecule has 31 heavy (non-hydrogen) atoms. The van der Waals surface area contributed by atoms with Crippen molar-refractivity contribution >= 4 is 27.4 Å². The van der Waals surface area contributed by atoms with Crippen molar-refractivity contribution in [2.45, 2.75) is 31.9 Å². The number of nitrogens with zero attached hydrogens (tertiary/aromatic N) is 4. The Kier molecular flexibility index (Phi) is 5.38. The Morgan fingerprint density at radius 3 is 2.65 bits per heavy atom. The molecular weight excluding hydrogens is 421 g/mol. The maximum absolute atomic E-state index is 12.8. The van der Waals surface area contributed by atoms with Crippen LogP contribution in [0.5, 0.6) is 0 Å². The van der Waals surface area contributed by atoms with E-state index in [0.717, 1.165) is 74.5 Å². The first kappa shape index (κ1) is 20.7. The van der Waals surface area contributed by atoms with E-state index in [2.05, 4.69) is 44.0 Å². The lowest BCUT2D eigenvalue weighted by molar-refractivity contribution is -0.126. The Morgan fingerprint density at radius 2 is 1.84 bits per heavy atom. The molecule has 1 atom stereocenters. The van der Waals surface area contributed by atoms with Crippen molar-refractivity contribution in [1.82, 2.24) is 14.9 Å². The van der Waals surface area contributed by atoms with E-state index in [4.69, 9.17) is 0 Å². The van der Waals surface area contributed by atoms with Crippen LogP contribution < -0.4 is 4.90 Å². The van der Waals surface area contributed by atoms with Gasteiger partial charge in [-0.2, -0.15) is 13.2 Å². The average Bonchev–Trinajstić information content (AvgIpc) is 3.44. The highest BCUT2D eigenvalue weighted by atomic mass is 32.1. The van der Waals surface area contributed by atoms with Crippen LogP contribution in [0.15, 0.2) is 42.7 Å². The quantitative estimate of drug-likeness (QED) is 0.556. The smallest absolute Gasteiger partial charge is 0.355 e. The molecule has 1 aromatic carbocycles. The van der Waals surface area contributed by atoms with Gasteiger partial charge in [0, 0.05) is 36.5 Å². The number of halogens is 3. The minimum Gasteiger partial charge on any atom is -0.355 e. The molecule has 0 aliphatic carbocycles. The van der Waals surface area contributed by atoms with Crippen molar-refractivity contribution < 1.29 is 13.2 Å². The number of likely N-dealkylation sites (tertiary alicyclic amines) is 1. The molecule has 0 N–H and O–H groups in total. The number of benzene rings is 1. The minimum atomic E-state index is -4.21. The van der Waals surface area contributed by atoms with Crippen LogP contribution >= 0.6 is 11.3 Å². The highest BCUT2D eigenvalue weighted by Gasteiger charge is 2.44. The summed E-state index contributed by atoms with van der Waals surface area (Å²) in [5, 5.41) is 0.753. The van der Waals surface area contributed by atoms with Crippen molar-refractivity contribution in [3.05, 3.63) is 53.2 Å². The van der Waals surface area contributed by atoms with Gasteiger partial charge in [-0.1, -0.05) is 30.3 Å². The topological polar surface area (TPSA) is 32.3 Å². The summed E-state index contributed by atoms with van der Waals surface area (Å²) in [6.07, 6.45) is -0.316. The fourth-order valence-electron chi connectivity index (χ4n) is 5.03. The number of fused-ring (bicyclic) bond motifs is 1. The van der Waals surface area contributed by atoms with Crippen LogP contribution in [0.25, 0.3) is 10.2 Å². The summed E-state index contributed by atoms with van der Waals surface area (Å²) >= 11 is 1.12. The first-order valence-corrected chi connectivity index (χ1v) is 11.5. The molecular formula is C23H25F3N4S. The Balaban J connectivity index is 1.27. The molecule has 3 aromatic rings. The maximum Gasteiger partial charge on any atom is 0.393 e. The van der Waals surface area contributed by atoms with Crippen LogP contribution in [-0.4, -0.2) is 53.8 Å². The monoisotopic (exact) mass is 446 g/mol. The van der Waals surface area contributed by atoms with E-state index in [1.807, 2.05) is 6.07 Å². The van der Waals surface area contributed by atoms with Gasteiger partial charge in [0.05, 0.1) is 11.8 Å². The molecule has 0 amide bonds. The Hall–Kier alpha value is -2.19. The van der Waals surface area contributed by atoms with Crippen molar-refractivity contribution in [3.8, 4) is 0 Å². The Bertz CT molecular complexity index is 1050. The maximum atomic E-state index is 12.8. The summed E-state index contributed by atoms with van der Waals surface area (Å²) < 4.78 is 38.5. The fraction of sp³-hybridized carbons (Fsp3) is 0.478. The first-order valence-electron chi connectivity index (χ1n) is 10.7. The number of rotatable bonds is 5. The highest BCUT2D eigenvalue weighted by Crippen LogP contribution is 2.42. The molecule has 2 saturated heterocycles. The summed E-state index contributed by atoms with van der Waals surface area (Å²) in [4.78, 5) is 14.4. The molecule has 1 unspecified atom stereocenters. The molecule has 2 fully saturated rings. The predicted octanol–water partition coefficient (Wildman–Crippen LogP) is 4.94. The fourth-order valence-corrected chi connectivity index (χ4v) is 6.05. The van der Waals surface area contributed by atoms with E-state index in [-0.39, 0.29) is 5.41 Å². The molecule has 8 heteroatoms. The van der Waals surface area contributed by atoms with E-state index in [9.17, 15) is 13.2 Å². The summed E-state index contributed by atoms with van der Waals surface area (Å²) in [6.45, 7) is 5.05. The second kappa shape index (κ2) is 8.06. The Labute approximate surface area is 183 Å². The average molecular weight is 447 g/mol. The van der Waals surface area contributed by atoms with Gasteiger partial charge >= 0.3 is 6.18 Å². The highest BCUT2D eigenvalue weighted by molar-refractivity contribution is 7.18. The van der Waals surface area contributed by atoms with E-state index in [1.54, 1.807) is 6.07 Å². The zero-order chi connectivity index (χ0) is 21.5. The van der Waals surface area contributed by atoms with Gasteiger partial charge < -0.3 is 9.80 Å². The van der Waals surface area contributed by atoms with Gasteiger partial charge in [-0.15, -0.1) is 11.3 Å². The summed E-state index contributed by atoms with van der Waals surface area (Å²) in [5.74, 6) is 0.786. The molecule has 4 nitrogen and oxygen atoms in total. The predicted molar refractivity (Wildman–Crippen MR) is 118 cm³/mol. The van der Waals surface area contributed by atoms with Crippen LogP contribution in [0.4, 0.5) is 19.0 Å². The van der Waals surface area contributed by atoms with Crippen molar-refractivity contribution in [3.63, 3.8) is 0 Å². The second-order valence-corrected chi connectivity index (χ2v) is 9.97. The minimum absolute atomic E-state index is 0.249. The third-order valence-corrected chi connectivity index (χ3v) is 7.59. The number of thiophene rings is 1. The van der Waals surface area contributed by atoms with Crippen LogP contribution in [-0.2, 0) is 12.8 Å². The molecule has 0 bridgehead atoms. The van der Waals surface area contributed by atoms with E-state index < -0.39 is 12.6 Å². The van der Waals surface area contributed by atoms with Crippen molar-refractivity contribution in [2.24, 2.45) is 5.41 Å². The third-order valence-electron chi connectivity index (χ3n) is 6.55.